The van der Waals surface area contributed by atoms with Crippen molar-refractivity contribution >= 4 is 5.97 Å². The first-order valence-electron chi connectivity index (χ1n) is 4.25. The van der Waals surface area contributed by atoms with Crippen LogP contribution < -0.4 is 0 Å². The van der Waals surface area contributed by atoms with E-state index in [1.165, 1.54) is 0 Å². The molecule has 0 aromatic rings. The molecule has 0 aromatic heterocycles. The van der Waals surface area contributed by atoms with Gasteiger partial charge in [-0.1, -0.05) is 20.8 Å². The highest BCUT2D eigenvalue weighted by Gasteiger charge is 2.08. The highest BCUT2D eigenvalue weighted by Crippen LogP contribution is 2.04. The third-order valence-corrected chi connectivity index (χ3v) is 1.48. The first-order valence-corrected chi connectivity index (χ1v) is 4.25. The van der Waals surface area contributed by atoms with E-state index >= 15 is 0 Å². The van der Waals surface area contributed by atoms with Crippen molar-refractivity contribution in [1.82, 2.24) is 0 Å². The summed E-state index contributed by atoms with van der Waals surface area (Å²) >= 11 is 0. The molecule has 0 aliphatic heterocycles. The van der Waals surface area contributed by atoms with Crippen molar-refractivity contribution in [2.75, 3.05) is 0 Å². The molecule has 0 N–H and O–H groups in total. The van der Waals surface area contributed by atoms with Crippen molar-refractivity contribution in [1.29, 1.82) is 0 Å². The molecule has 0 aliphatic rings. The molecule has 1 atom stereocenters. The summed E-state index contributed by atoms with van der Waals surface area (Å²) in [6, 6.07) is 0. The highest BCUT2D eigenvalue weighted by atomic mass is 16.5. The summed E-state index contributed by atoms with van der Waals surface area (Å²) in [7, 11) is 0. The number of hydrogen-bond donors (Lipinski definition) is 0. The number of hydrogen-bond acceptors (Lipinski definition) is 2. The summed E-state index contributed by atoms with van der Waals surface area (Å²) in [6.07, 6.45) is 1.50. The normalized spacial score (nSPS) is 13.2. The number of rotatable bonds is 4. The van der Waals surface area contributed by atoms with Crippen LogP contribution in [0.25, 0.3) is 0 Å². The van der Waals surface area contributed by atoms with Crippen molar-refractivity contribution in [3.05, 3.63) is 0 Å². The van der Waals surface area contributed by atoms with Crippen LogP contribution in [0.2, 0.25) is 0 Å². The lowest BCUT2D eigenvalue weighted by Gasteiger charge is -2.11. The van der Waals surface area contributed by atoms with Crippen LogP contribution in [0.4, 0.5) is 0 Å². The third-order valence-electron chi connectivity index (χ3n) is 1.48. The van der Waals surface area contributed by atoms with E-state index in [-0.39, 0.29) is 12.1 Å². The number of carbonyl (C=O) groups excluding carboxylic acids is 1. The van der Waals surface area contributed by atoms with Crippen LogP contribution in [0.5, 0.6) is 0 Å². The number of ether oxygens (including phenoxy) is 1. The summed E-state index contributed by atoms with van der Waals surface area (Å²) < 4.78 is 5.07. The molecule has 0 rings (SSSR count). The van der Waals surface area contributed by atoms with Crippen LogP contribution in [-0.4, -0.2) is 12.1 Å². The fourth-order valence-electron chi connectivity index (χ4n) is 0.689. The molecule has 0 aromatic carbocycles. The van der Waals surface area contributed by atoms with Gasteiger partial charge in [0.1, 0.15) is 0 Å². The largest absolute Gasteiger partial charge is 0.463 e. The molecular formula is C9H18O2. The van der Waals surface area contributed by atoms with Crippen LogP contribution >= 0.6 is 0 Å². The smallest absolute Gasteiger partial charge is 0.306 e. The molecule has 66 valence electrons. The zero-order valence-electron chi connectivity index (χ0n) is 7.89. The molecule has 0 heterocycles. The average molecular weight is 158 g/mol. The van der Waals surface area contributed by atoms with Crippen LogP contribution in [0, 0.1) is 5.92 Å². The van der Waals surface area contributed by atoms with Gasteiger partial charge in [0.25, 0.3) is 0 Å². The van der Waals surface area contributed by atoms with Crippen LogP contribution in [0.3, 0.4) is 0 Å². The monoisotopic (exact) mass is 158 g/mol. The first-order chi connectivity index (χ1) is 5.06. The van der Waals surface area contributed by atoms with E-state index in [4.69, 9.17) is 4.74 Å². The standard InChI is InChI=1S/C9H18O2/c1-5-8(4)11-9(10)6-7(2)3/h7-8H,5-6H2,1-4H3. The molecule has 2 heteroatoms. The lowest BCUT2D eigenvalue weighted by molar-refractivity contribution is -0.149. The van der Waals surface area contributed by atoms with E-state index < -0.39 is 0 Å². The van der Waals surface area contributed by atoms with Crippen molar-refractivity contribution in [3.63, 3.8) is 0 Å². The number of carbonyl (C=O) groups is 1. The maximum Gasteiger partial charge on any atom is 0.306 e. The minimum absolute atomic E-state index is 0.0706. The van der Waals surface area contributed by atoms with E-state index in [0.717, 1.165) is 6.42 Å². The van der Waals surface area contributed by atoms with Gasteiger partial charge >= 0.3 is 5.97 Å². The van der Waals surface area contributed by atoms with Gasteiger partial charge in [0.15, 0.2) is 0 Å². The van der Waals surface area contributed by atoms with Gasteiger partial charge in [-0.15, -0.1) is 0 Å². The lowest BCUT2D eigenvalue weighted by atomic mass is 10.1. The fourth-order valence-corrected chi connectivity index (χ4v) is 0.689. The Kier molecular flexibility index (Phi) is 4.92. The Morgan fingerprint density at radius 1 is 1.36 bits per heavy atom. The molecule has 0 amide bonds. The summed E-state index contributed by atoms with van der Waals surface area (Å²) in [4.78, 5) is 11.0. The highest BCUT2D eigenvalue weighted by molar-refractivity contribution is 5.69. The lowest BCUT2D eigenvalue weighted by Crippen LogP contribution is -2.15. The summed E-state index contributed by atoms with van der Waals surface area (Å²) in [6.45, 7) is 7.95. The van der Waals surface area contributed by atoms with E-state index in [1.54, 1.807) is 0 Å². The van der Waals surface area contributed by atoms with Gasteiger partial charge in [0.2, 0.25) is 0 Å². The Morgan fingerprint density at radius 2 is 1.91 bits per heavy atom. The Bertz CT molecular complexity index is 119. The summed E-state index contributed by atoms with van der Waals surface area (Å²) in [5.41, 5.74) is 0. The Balaban J connectivity index is 3.52. The van der Waals surface area contributed by atoms with Gasteiger partial charge in [-0.05, 0) is 19.3 Å². The van der Waals surface area contributed by atoms with Crippen molar-refractivity contribution in [3.8, 4) is 0 Å². The van der Waals surface area contributed by atoms with Gasteiger partial charge in [0, 0.05) is 6.42 Å². The van der Waals surface area contributed by atoms with Crippen molar-refractivity contribution in [2.45, 2.75) is 46.6 Å². The van der Waals surface area contributed by atoms with Crippen LogP contribution in [-0.2, 0) is 9.53 Å². The van der Waals surface area contributed by atoms with Gasteiger partial charge in [-0.3, -0.25) is 4.79 Å². The molecule has 0 spiro atoms. The second-order valence-corrected chi connectivity index (χ2v) is 3.31. The molecular weight excluding hydrogens is 140 g/mol. The topological polar surface area (TPSA) is 26.3 Å². The van der Waals surface area contributed by atoms with Gasteiger partial charge in [-0.25, -0.2) is 0 Å². The average Bonchev–Trinajstić information content (AvgIpc) is 1.85. The molecule has 0 aliphatic carbocycles. The maximum absolute atomic E-state index is 11.0. The molecule has 0 saturated heterocycles. The zero-order valence-corrected chi connectivity index (χ0v) is 7.89. The van der Waals surface area contributed by atoms with Crippen molar-refractivity contribution in [2.24, 2.45) is 5.92 Å². The SMILES string of the molecule is CCC(C)OC(=O)CC(C)C. The first kappa shape index (κ1) is 10.5. The summed E-state index contributed by atoms with van der Waals surface area (Å²) in [5.74, 6) is 0.320. The molecule has 0 radical (unpaired) electrons. The summed E-state index contributed by atoms with van der Waals surface area (Å²) in [5, 5.41) is 0. The van der Waals surface area contributed by atoms with Crippen molar-refractivity contribution < 1.29 is 9.53 Å². The van der Waals surface area contributed by atoms with E-state index in [9.17, 15) is 4.79 Å². The van der Waals surface area contributed by atoms with E-state index in [1.807, 2.05) is 27.7 Å². The zero-order chi connectivity index (χ0) is 8.85. The van der Waals surface area contributed by atoms with Crippen LogP contribution in [0.15, 0.2) is 0 Å². The molecule has 2 nitrogen and oxygen atoms in total. The van der Waals surface area contributed by atoms with E-state index in [2.05, 4.69) is 0 Å². The quantitative estimate of drug-likeness (QED) is 0.587. The molecule has 0 bridgehead atoms. The fraction of sp³-hybridized carbons (Fsp3) is 0.889. The number of esters is 1. The minimum atomic E-state index is -0.0747. The molecule has 0 fully saturated rings. The maximum atomic E-state index is 11.0. The Labute approximate surface area is 68.9 Å². The van der Waals surface area contributed by atoms with Gasteiger partial charge in [-0.2, -0.15) is 0 Å². The van der Waals surface area contributed by atoms with Gasteiger partial charge < -0.3 is 4.74 Å². The van der Waals surface area contributed by atoms with E-state index in [0.29, 0.717) is 12.3 Å². The Hall–Kier alpha value is -0.530. The Morgan fingerprint density at radius 3 is 2.27 bits per heavy atom. The third kappa shape index (κ3) is 5.89. The predicted molar refractivity (Wildman–Crippen MR) is 45.3 cm³/mol. The van der Waals surface area contributed by atoms with Crippen LogP contribution in [0.1, 0.15) is 40.5 Å². The predicted octanol–water partition coefficient (Wildman–Crippen LogP) is 2.37. The minimum Gasteiger partial charge on any atom is -0.463 e. The second kappa shape index (κ2) is 5.16. The molecule has 11 heavy (non-hydrogen) atoms. The molecule has 1 unspecified atom stereocenters. The van der Waals surface area contributed by atoms with Gasteiger partial charge in [0.05, 0.1) is 6.10 Å². The molecule has 0 saturated carbocycles. The second-order valence-electron chi connectivity index (χ2n) is 3.31.